The van der Waals surface area contributed by atoms with Crippen molar-refractivity contribution in [2.45, 2.75) is 26.8 Å². The maximum atomic E-state index is 11.3. The molecular weight excluding hydrogens is 266 g/mol. The average Bonchev–Trinajstić information content (AvgIpc) is 2.80. The topological polar surface area (TPSA) is 56.1 Å². The highest BCUT2D eigenvalue weighted by molar-refractivity contribution is 5.67. The van der Waals surface area contributed by atoms with Crippen molar-refractivity contribution in [2.75, 3.05) is 7.11 Å². The number of carbonyl (C=O) groups is 1. The van der Waals surface area contributed by atoms with Crippen LogP contribution in [0.4, 0.5) is 4.79 Å². The number of methoxy groups -OCH3 is 1. The highest BCUT2D eigenvalue weighted by Gasteiger charge is 2.16. The van der Waals surface area contributed by atoms with Crippen LogP contribution in [0.3, 0.4) is 0 Å². The third kappa shape index (κ3) is 3.24. The van der Waals surface area contributed by atoms with Crippen molar-refractivity contribution in [1.82, 2.24) is 14.9 Å². The summed E-state index contributed by atoms with van der Waals surface area (Å²) < 4.78 is 6.54. The molecule has 0 aliphatic rings. The van der Waals surface area contributed by atoms with Crippen LogP contribution >= 0.6 is 0 Å². The molecule has 1 aromatic heterocycles. The first-order valence-corrected chi connectivity index (χ1v) is 6.87. The van der Waals surface area contributed by atoms with Crippen molar-refractivity contribution in [3.05, 3.63) is 41.3 Å². The summed E-state index contributed by atoms with van der Waals surface area (Å²) in [6, 6.07) is 6.07. The molecule has 0 fully saturated rings. The molecule has 5 nitrogen and oxygen atoms in total. The molecular formula is C16H21N3O2. The number of hydrogen-bond donors (Lipinski definition) is 1. The Hall–Kier alpha value is -2.30. The predicted molar refractivity (Wildman–Crippen MR) is 82.1 cm³/mol. The van der Waals surface area contributed by atoms with Gasteiger partial charge >= 0.3 is 6.09 Å². The molecule has 0 saturated heterocycles. The minimum atomic E-state index is -0.460. The van der Waals surface area contributed by atoms with Gasteiger partial charge in [-0.2, -0.15) is 0 Å². The summed E-state index contributed by atoms with van der Waals surface area (Å²) in [4.78, 5) is 16.0. The number of benzene rings is 1. The van der Waals surface area contributed by atoms with E-state index in [1.807, 2.05) is 24.7 Å². The zero-order valence-corrected chi connectivity index (χ0v) is 13.1. The lowest BCUT2D eigenvalue weighted by Crippen LogP contribution is -2.28. The second kappa shape index (κ2) is 5.99. The largest absolute Gasteiger partial charge is 0.453 e. The Labute approximate surface area is 125 Å². The van der Waals surface area contributed by atoms with Gasteiger partial charge in [0.25, 0.3) is 0 Å². The van der Waals surface area contributed by atoms with Gasteiger partial charge in [0.15, 0.2) is 0 Å². The molecule has 0 aliphatic heterocycles. The molecule has 0 radical (unpaired) electrons. The summed E-state index contributed by atoms with van der Waals surface area (Å²) in [5.41, 5.74) is 4.43. The second-order valence-electron chi connectivity index (χ2n) is 5.27. The van der Waals surface area contributed by atoms with Gasteiger partial charge in [-0.3, -0.25) is 0 Å². The Morgan fingerprint density at radius 3 is 2.71 bits per heavy atom. The Balaban J connectivity index is 2.32. The summed E-state index contributed by atoms with van der Waals surface area (Å²) in [7, 11) is 3.27. The lowest BCUT2D eigenvalue weighted by Gasteiger charge is -2.12. The second-order valence-corrected chi connectivity index (χ2v) is 5.27. The van der Waals surface area contributed by atoms with Crippen LogP contribution in [0.5, 0.6) is 0 Å². The van der Waals surface area contributed by atoms with Crippen molar-refractivity contribution >= 4 is 6.09 Å². The minimum absolute atomic E-state index is 0.220. The van der Waals surface area contributed by atoms with Crippen molar-refractivity contribution in [1.29, 1.82) is 0 Å². The van der Waals surface area contributed by atoms with Gasteiger partial charge in [0, 0.05) is 18.8 Å². The van der Waals surface area contributed by atoms with Crippen LogP contribution < -0.4 is 5.32 Å². The van der Waals surface area contributed by atoms with Gasteiger partial charge in [0.05, 0.1) is 18.8 Å². The summed E-state index contributed by atoms with van der Waals surface area (Å²) in [5, 5.41) is 2.73. The zero-order chi connectivity index (χ0) is 15.6. The molecule has 0 aliphatic carbocycles. The first kappa shape index (κ1) is 15.1. The molecule has 112 valence electrons. The third-order valence-electron chi connectivity index (χ3n) is 3.48. The Kier molecular flexibility index (Phi) is 4.31. The van der Waals surface area contributed by atoms with Crippen molar-refractivity contribution in [3.8, 4) is 11.3 Å². The molecule has 0 spiro atoms. The standard InChI is InChI=1S/C16H21N3O2/c1-10-6-7-13(11(2)8-10)14-9-19(4)15(18-14)12(3)17-16(20)21-5/h6-9,12H,1-5H3,(H,17,20). The van der Waals surface area contributed by atoms with E-state index in [-0.39, 0.29) is 6.04 Å². The Morgan fingerprint density at radius 2 is 2.10 bits per heavy atom. The van der Waals surface area contributed by atoms with Crippen molar-refractivity contribution in [3.63, 3.8) is 0 Å². The van der Waals surface area contributed by atoms with Crippen molar-refractivity contribution in [2.24, 2.45) is 7.05 Å². The van der Waals surface area contributed by atoms with E-state index in [0.29, 0.717) is 0 Å². The highest BCUT2D eigenvalue weighted by Crippen LogP contribution is 2.25. The van der Waals surface area contributed by atoms with E-state index in [0.717, 1.165) is 17.1 Å². The fourth-order valence-corrected chi connectivity index (χ4v) is 2.41. The maximum Gasteiger partial charge on any atom is 0.407 e. The van der Waals surface area contributed by atoms with Crippen LogP contribution in [-0.2, 0) is 11.8 Å². The number of aromatic nitrogens is 2. The van der Waals surface area contributed by atoms with Crippen LogP contribution in [0.1, 0.15) is 29.9 Å². The van der Waals surface area contributed by atoms with E-state index in [9.17, 15) is 4.79 Å². The number of ether oxygens (including phenoxy) is 1. The molecule has 1 unspecified atom stereocenters. The molecule has 1 heterocycles. The van der Waals surface area contributed by atoms with Crippen LogP contribution in [-0.4, -0.2) is 22.8 Å². The number of rotatable bonds is 3. The number of hydrogen-bond acceptors (Lipinski definition) is 3. The van der Waals surface area contributed by atoms with Gasteiger partial charge in [-0.25, -0.2) is 9.78 Å². The maximum absolute atomic E-state index is 11.3. The number of nitrogens with zero attached hydrogens (tertiary/aromatic N) is 2. The zero-order valence-electron chi connectivity index (χ0n) is 13.1. The lowest BCUT2D eigenvalue weighted by molar-refractivity contribution is 0.167. The fourth-order valence-electron chi connectivity index (χ4n) is 2.41. The van der Waals surface area contributed by atoms with E-state index >= 15 is 0 Å². The lowest BCUT2D eigenvalue weighted by atomic mass is 10.0. The smallest absolute Gasteiger partial charge is 0.407 e. The van der Waals surface area contributed by atoms with E-state index < -0.39 is 6.09 Å². The minimum Gasteiger partial charge on any atom is -0.453 e. The van der Waals surface area contributed by atoms with E-state index in [4.69, 9.17) is 0 Å². The van der Waals surface area contributed by atoms with Crippen LogP contribution in [0, 0.1) is 13.8 Å². The molecule has 5 heteroatoms. The number of nitrogens with one attached hydrogen (secondary N) is 1. The third-order valence-corrected chi connectivity index (χ3v) is 3.48. The molecule has 2 aromatic rings. The van der Waals surface area contributed by atoms with Gasteiger partial charge in [-0.15, -0.1) is 0 Å². The van der Waals surface area contributed by atoms with Gasteiger partial charge < -0.3 is 14.6 Å². The quantitative estimate of drug-likeness (QED) is 0.943. The van der Waals surface area contributed by atoms with Crippen LogP contribution in [0.25, 0.3) is 11.3 Å². The van der Waals surface area contributed by atoms with Gasteiger partial charge in [-0.05, 0) is 26.3 Å². The number of aryl methyl sites for hydroxylation is 3. The fraction of sp³-hybridized carbons (Fsp3) is 0.375. The molecule has 1 atom stereocenters. The van der Waals surface area contributed by atoms with Gasteiger partial charge in [-0.1, -0.05) is 23.8 Å². The first-order chi connectivity index (χ1) is 9.92. The molecule has 21 heavy (non-hydrogen) atoms. The van der Waals surface area contributed by atoms with Gasteiger partial charge in [0.1, 0.15) is 5.82 Å². The Morgan fingerprint density at radius 1 is 1.38 bits per heavy atom. The van der Waals surface area contributed by atoms with E-state index in [1.165, 1.54) is 18.2 Å². The molecule has 0 saturated carbocycles. The number of alkyl carbamates (subject to hydrolysis) is 1. The SMILES string of the molecule is COC(=O)NC(C)c1nc(-c2ccc(C)cc2C)cn1C. The van der Waals surface area contributed by atoms with Crippen LogP contribution in [0.15, 0.2) is 24.4 Å². The number of amides is 1. The summed E-state index contributed by atoms with van der Waals surface area (Å²) >= 11 is 0. The summed E-state index contributed by atoms with van der Waals surface area (Å²) in [5.74, 6) is 0.787. The molecule has 0 bridgehead atoms. The highest BCUT2D eigenvalue weighted by atomic mass is 16.5. The van der Waals surface area contributed by atoms with Crippen LogP contribution in [0.2, 0.25) is 0 Å². The normalized spacial score (nSPS) is 12.0. The van der Waals surface area contributed by atoms with E-state index in [2.05, 4.69) is 47.1 Å². The average molecular weight is 287 g/mol. The molecule has 1 aromatic carbocycles. The molecule has 1 amide bonds. The summed E-state index contributed by atoms with van der Waals surface area (Å²) in [6.07, 6.45) is 1.52. The Bertz CT molecular complexity index is 662. The van der Waals surface area contributed by atoms with Gasteiger partial charge in [0.2, 0.25) is 0 Å². The first-order valence-electron chi connectivity index (χ1n) is 6.87. The number of imidazole rings is 1. The number of carbonyl (C=O) groups excluding carboxylic acids is 1. The predicted octanol–water partition coefficient (Wildman–Crippen LogP) is 3.12. The van der Waals surface area contributed by atoms with Crippen molar-refractivity contribution < 1.29 is 9.53 Å². The summed E-state index contributed by atoms with van der Waals surface area (Å²) in [6.45, 7) is 6.03. The monoisotopic (exact) mass is 287 g/mol. The van der Waals surface area contributed by atoms with E-state index in [1.54, 1.807) is 0 Å². The molecule has 2 rings (SSSR count). The molecule has 1 N–H and O–H groups in total.